The SMILES string of the molecule is Nc1nc2cc(Cl)c(Cl)cc2n1N1CCCCC1. The van der Waals surface area contributed by atoms with E-state index < -0.39 is 0 Å². The molecule has 1 aromatic heterocycles. The molecule has 4 nitrogen and oxygen atoms in total. The van der Waals surface area contributed by atoms with Gasteiger partial charge in [-0.05, 0) is 31.4 Å². The molecule has 3 rings (SSSR count). The lowest BCUT2D eigenvalue weighted by Crippen LogP contribution is -2.39. The molecule has 1 aromatic carbocycles. The largest absolute Gasteiger partial charge is 0.368 e. The third kappa shape index (κ3) is 1.89. The van der Waals surface area contributed by atoms with Crippen LogP contribution in [0.15, 0.2) is 12.1 Å². The van der Waals surface area contributed by atoms with Crippen LogP contribution in [0, 0.1) is 0 Å². The number of hydrogen-bond acceptors (Lipinski definition) is 3. The quantitative estimate of drug-likeness (QED) is 0.876. The van der Waals surface area contributed by atoms with Gasteiger partial charge in [0.25, 0.3) is 0 Å². The molecule has 0 unspecified atom stereocenters. The lowest BCUT2D eigenvalue weighted by atomic mass is 10.2. The Balaban J connectivity index is 2.15. The summed E-state index contributed by atoms with van der Waals surface area (Å²) in [6.45, 7) is 1.99. The Labute approximate surface area is 115 Å². The Bertz CT molecular complexity index is 587. The van der Waals surface area contributed by atoms with E-state index in [1.54, 1.807) is 6.07 Å². The fraction of sp³-hybridized carbons (Fsp3) is 0.417. The average Bonchev–Trinajstić information content (AvgIpc) is 2.66. The predicted octanol–water partition coefficient (Wildman–Crippen LogP) is 3.05. The second kappa shape index (κ2) is 4.52. The van der Waals surface area contributed by atoms with Gasteiger partial charge >= 0.3 is 0 Å². The van der Waals surface area contributed by atoms with E-state index in [2.05, 4.69) is 9.99 Å². The Hall–Kier alpha value is -1.13. The number of anilines is 1. The first-order valence-corrected chi connectivity index (χ1v) is 6.80. The molecule has 2 aromatic rings. The number of piperidine rings is 1. The van der Waals surface area contributed by atoms with Gasteiger partial charge in [-0.2, -0.15) is 0 Å². The molecule has 0 aliphatic carbocycles. The van der Waals surface area contributed by atoms with Crippen LogP contribution in [0.2, 0.25) is 10.0 Å². The van der Waals surface area contributed by atoms with Crippen LogP contribution in [0.5, 0.6) is 0 Å². The van der Waals surface area contributed by atoms with E-state index in [0.29, 0.717) is 16.0 Å². The smallest absolute Gasteiger partial charge is 0.220 e. The van der Waals surface area contributed by atoms with Crippen molar-refractivity contribution in [2.75, 3.05) is 23.8 Å². The molecule has 2 N–H and O–H groups in total. The molecule has 0 amide bonds. The zero-order valence-corrected chi connectivity index (χ0v) is 11.4. The van der Waals surface area contributed by atoms with Crippen LogP contribution in [-0.2, 0) is 0 Å². The zero-order chi connectivity index (χ0) is 12.7. The van der Waals surface area contributed by atoms with Crippen LogP contribution in [0.3, 0.4) is 0 Å². The van der Waals surface area contributed by atoms with E-state index in [-0.39, 0.29) is 0 Å². The number of benzene rings is 1. The highest BCUT2D eigenvalue weighted by Crippen LogP contribution is 2.29. The number of nitrogens with two attached hydrogens (primary N) is 1. The maximum atomic E-state index is 6.08. The summed E-state index contributed by atoms with van der Waals surface area (Å²) in [6.07, 6.45) is 3.64. The lowest BCUT2D eigenvalue weighted by molar-refractivity contribution is 0.489. The van der Waals surface area contributed by atoms with Crippen molar-refractivity contribution in [1.29, 1.82) is 0 Å². The molecule has 1 saturated heterocycles. The van der Waals surface area contributed by atoms with Crippen LogP contribution in [0.1, 0.15) is 19.3 Å². The van der Waals surface area contributed by atoms with E-state index in [9.17, 15) is 0 Å². The number of nitrogen functional groups attached to an aromatic ring is 1. The second-order valence-electron chi connectivity index (χ2n) is 4.55. The summed E-state index contributed by atoms with van der Waals surface area (Å²) < 4.78 is 1.96. The minimum Gasteiger partial charge on any atom is -0.368 e. The number of aromatic nitrogens is 2. The molecule has 0 bridgehead atoms. The zero-order valence-electron chi connectivity index (χ0n) is 9.87. The first-order valence-electron chi connectivity index (χ1n) is 6.05. The van der Waals surface area contributed by atoms with E-state index >= 15 is 0 Å². The van der Waals surface area contributed by atoms with E-state index in [1.807, 2.05) is 10.7 Å². The van der Waals surface area contributed by atoms with Gasteiger partial charge in [-0.15, -0.1) is 0 Å². The van der Waals surface area contributed by atoms with E-state index in [0.717, 1.165) is 24.1 Å². The maximum absolute atomic E-state index is 6.08. The minimum absolute atomic E-state index is 0.491. The van der Waals surface area contributed by atoms with Crippen molar-refractivity contribution in [3.8, 4) is 0 Å². The number of fused-ring (bicyclic) bond motifs is 1. The Morgan fingerprint density at radius 2 is 1.72 bits per heavy atom. The van der Waals surface area contributed by atoms with Crippen molar-refractivity contribution >= 4 is 40.2 Å². The first kappa shape index (κ1) is 11.9. The molecule has 1 fully saturated rings. The lowest BCUT2D eigenvalue weighted by Gasteiger charge is -2.30. The van der Waals surface area contributed by atoms with Gasteiger partial charge in [0, 0.05) is 13.1 Å². The van der Waals surface area contributed by atoms with Gasteiger partial charge in [-0.1, -0.05) is 23.2 Å². The van der Waals surface area contributed by atoms with E-state index in [1.165, 1.54) is 19.3 Å². The molecule has 96 valence electrons. The molecular formula is C12H14Cl2N4. The minimum atomic E-state index is 0.491. The summed E-state index contributed by atoms with van der Waals surface area (Å²) in [7, 11) is 0. The molecule has 0 atom stereocenters. The van der Waals surface area contributed by atoms with Gasteiger partial charge in [0.05, 0.1) is 21.1 Å². The van der Waals surface area contributed by atoms with Crippen molar-refractivity contribution in [3.05, 3.63) is 22.2 Å². The third-order valence-corrected chi connectivity index (χ3v) is 4.04. The van der Waals surface area contributed by atoms with Crippen molar-refractivity contribution in [2.45, 2.75) is 19.3 Å². The van der Waals surface area contributed by atoms with Crippen molar-refractivity contribution < 1.29 is 0 Å². The van der Waals surface area contributed by atoms with Gasteiger partial charge in [-0.25, -0.2) is 9.66 Å². The van der Waals surface area contributed by atoms with Crippen LogP contribution < -0.4 is 10.7 Å². The van der Waals surface area contributed by atoms with Gasteiger partial charge in [-0.3, -0.25) is 0 Å². The summed E-state index contributed by atoms with van der Waals surface area (Å²) in [6, 6.07) is 3.59. The molecule has 18 heavy (non-hydrogen) atoms. The summed E-state index contributed by atoms with van der Waals surface area (Å²) in [5.41, 5.74) is 7.71. The van der Waals surface area contributed by atoms with Crippen molar-refractivity contribution in [2.24, 2.45) is 0 Å². The number of rotatable bonds is 1. The third-order valence-electron chi connectivity index (χ3n) is 3.31. The Morgan fingerprint density at radius 3 is 2.44 bits per heavy atom. The molecule has 1 aliphatic heterocycles. The molecule has 6 heteroatoms. The second-order valence-corrected chi connectivity index (χ2v) is 5.37. The fourth-order valence-electron chi connectivity index (χ4n) is 2.45. The highest BCUT2D eigenvalue weighted by atomic mass is 35.5. The molecule has 0 saturated carbocycles. The number of nitrogens with zero attached hydrogens (tertiary/aromatic N) is 3. The highest BCUT2D eigenvalue weighted by Gasteiger charge is 2.18. The maximum Gasteiger partial charge on any atom is 0.220 e. The fourth-order valence-corrected chi connectivity index (χ4v) is 2.77. The normalized spacial score (nSPS) is 16.4. The van der Waals surface area contributed by atoms with Gasteiger partial charge in [0.1, 0.15) is 0 Å². The number of halogens is 2. The van der Waals surface area contributed by atoms with Crippen LogP contribution in [-0.4, -0.2) is 22.7 Å². The van der Waals surface area contributed by atoms with Crippen LogP contribution in [0.4, 0.5) is 5.95 Å². The first-order chi connectivity index (χ1) is 8.66. The molecular weight excluding hydrogens is 271 g/mol. The van der Waals surface area contributed by atoms with E-state index in [4.69, 9.17) is 28.9 Å². The summed E-state index contributed by atoms with van der Waals surface area (Å²) >= 11 is 12.1. The number of hydrogen-bond donors (Lipinski definition) is 1. The summed E-state index contributed by atoms with van der Waals surface area (Å²) in [5, 5.41) is 3.26. The summed E-state index contributed by atoms with van der Waals surface area (Å²) in [5.74, 6) is 0.491. The van der Waals surface area contributed by atoms with Gasteiger partial charge in [0.2, 0.25) is 5.95 Å². The highest BCUT2D eigenvalue weighted by molar-refractivity contribution is 6.42. The van der Waals surface area contributed by atoms with Gasteiger partial charge < -0.3 is 10.7 Å². The molecule has 1 aliphatic rings. The summed E-state index contributed by atoms with van der Waals surface area (Å²) in [4.78, 5) is 4.35. The monoisotopic (exact) mass is 284 g/mol. The van der Waals surface area contributed by atoms with Gasteiger partial charge in [0.15, 0.2) is 0 Å². The Morgan fingerprint density at radius 1 is 1.06 bits per heavy atom. The topological polar surface area (TPSA) is 47.1 Å². The van der Waals surface area contributed by atoms with Crippen LogP contribution >= 0.6 is 23.2 Å². The standard InChI is InChI=1S/C12H14Cl2N4/c13-8-6-10-11(7-9(8)14)18(12(15)16-10)17-4-2-1-3-5-17/h6-7H,1-5H2,(H2,15,16). The Kier molecular flexibility index (Phi) is 2.99. The predicted molar refractivity (Wildman–Crippen MR) is 76.0 cm³/mol. The van der Waals surface area contributed by atoms with Crippen LogP contribution in [0.25, 0.3) is 11.0 Å². The average molecular weight is 285 g/mol. The number of imidazole rings is 1. The molecule has 2 heterocycles. The molecule has 0 radical (unpaired) electrons. The van der Waals surface area contributed by atoms with Crippen molar-refractivity contribution in [3.63, 3.8) is 0 Å². The molecule has 0 spiro atoms. The van der Waals surface area contributed by atoms with Crippen molar-refractivity contribution in [1.82, 2.24) is 9.66 Å².